The zero-order chi connectivity index (χ0) is 10.5. The van der Waals surface area contributed by atoms with Crippen LogP contribution in [0.4, 0.5) is 5.82 Å². The molecule has 0 saturated heterocycles. The molecule has 1 aliphatic rings. The molecule has 1 heterocycles. The molecule has 80 valence electrons. The Morgan fingerprint density at radius 1 is 1.47 bits per heavy atom. The van der Waals surface area contributed by atoms with E-state index in [2.05, 4.69) is 37.3 Å². The van der Waals surface area contributed by atoms with E-state index in [-0.39, 0.29) is 0 Å². The standard InChI is InChI=1S/C11H14BrN3/c12-10-7-13-8-15-11(10)14-6-5-9-3-1-2-4-9/h3,7-8H,1-2,4-6H2,(H,13,14,15). The SMILES string of the molecule is Brc1cncnc1NCCC1=CCCC1. The molecule has 2 rings (SSSR count). The molecule has 1 aromatic rings. The Labute approximate surface area is 98.1 Å². The first-order chi connectivity index (χ1) is 7.36. The van der Waals surface area contributed by atoms with Gasteiger partial charge in [-0.3, -0.25) is 0 Å². The third kappa shape index (κ3) is 3.02. The topological polar surface area (TPSA) is 37.8 Å². The van der Waals surface area contributed by atoms with Crippen molar-refractivity contribution in [3.05, 3.63) is 28.6 Å². The highest BCUT2D eigenvalue weighted by atomic mass is 79.9. The number of rotatable bonds is 4. The van der Waals surface area contributed by atoms with E-state index in [1.54, 1.807) is 18.1 Å². The number of aromatic nitrogens is 2. The van der Waals surface area contributed by atoms with Crippen LogP contribution in [0.5, 0.6) is 0 Å². The number of nitrogens with one attached hydrogen (secondary N) is 1. The number of allylic oxidation sites excluding steroid dienone is 1. The average Bonchev–Trinajstić information content (AvgIpc) is 2.74. The summed E-state index contributed by atoms with van der Waals surface area (Å²) in [6.07, 6.45) is 10.6. The average molecular weight is 268 g/mol. The quantitative estimate of drug-likeness (QED) is 0.852. The van der Waals surface area contributed by atoms with Gasteiger partial charge in [-0.25, -0.2) is 9.97 Å². The minimum absolute atomic E-state index is 0.878. The molecule has 0 saturated carbocycles. The predicted molar refractivity (Wildman–Crippen MR) is 64.8 cm³/mol. The highest BCUT2D eigenvalue weighted by molar-refractivity contribution is 9.10. The fourth-order valence-electron chi connectivity index (χ4n) is 1.75. The number of hydrogen-bond donors (Lipinski definition) is 1. The third-order valence-corrected chi connectivity index (χ3v) is 3.12. The highest BCUT2D eigenvalue weighted by Crippen LogP contribution is 2.21. The maximum absolute atomic E-state index is 4.15. The Bertz CT molecular complexity index is 363. The third-order valence-electron chi connectivity index (χ3n) is 2.54. The number of nitrogens with zero attached hydrogens (tertiary/aromatic N) is 2. The van der Waals surface area contributed by atoms with Crippen LogP contribution in [0.3, 0.4) is 0 Å². The van der Waals surface area contributed by atoms with E-state index in [1.807, 2.05) is 0 Å². The fraction of sp³-hybridized carbons (Fsp3) is 0.455. The molecule has 0 fully saturated rings. The van der Waals surface area contributed by atoms with Crippen molar-refractivity contribution in [2.45, 2.75) is 25.7 Å². The first-order valence-corrected chi connectivity index (χ1v) is 6.03. The molecule has 0 unspecified atom stereocenters. The van der Waals surface area contributed by atoms with E-state index in [9.17, 15) is 0 Å². The molecule has 0 aromatic carbocycles. The molecule has 0 atom stereocenters. The van der Waals surface area contributed by atoms with Gasteiger partial charge >= 0.3 is 0 Å². The van der Waals surface area contributed by atoms with Crippen molar-refractivity contribution in [3.63, 3.8) is 0 Å². The first-order valence-electron chi connectivity index (χ1n) is 5.23. The number of halogens is 1. The lowest BCUT2D eigenvalue weighted by molar-refractivity contribution is 0.861. The van der Waals surface area contributed by atoms with Gasteiger partial charge in [0.15, 0.2) is 0 Å². The molecule has 15 heavy (non-hydrogen) atoms. The molecule has 0 bridgehead atoms. The van der Waals surface area contributed by atoms with Crippen LogP contribution in [-0.4, -0.2) is 16.5 Å². The van der Waals surface area contributed by atoms with E-state index in [1.165, 1.54) is 19.3 Å². The van der Waals surface area contributed by atoms with Crippen molar-refractivity contribution in [1.29, 1.82) is 0 Å². The molecule has 4 heteroatoms. The van der Waals surface area contributed by atoms with Crippen LogP contribution in [0.1, 0.15) is 25.7 Å². The van der Waals surface area contributed by atoms with Gasteiger partial charge in [0.25, 0.3) is 0 Å². The molecule has 0 spiro atoms. The second kappa shape index (κ2) is 5.26. The van der Waals surface area contributed by atoms with E-state index in [0.29, 0.717) is 0 Å². The minimum Gasteiger partial charge on any atom is -0.369 e. The van der Waals surface area contributed by atoms with Crippen LogP contribution in [0, 0.1) is 0 Å². The van der Waals surface area contributed by atoms with E-state index < -0.39 is 0 Å². The monoisotopic (exact) mass is 267 g/mol. The molecular formula is C11H14BrN3. The van der Waals surface area contributed by atoms with Gasteiger partial charge in [-0.15, -0.1) is 0 Å². The zero-order valence-corrected chi connectivity index (χ0v) is 10.1. The van der Waals surface area contributed by atoms with Gasteiger partial charge in [-0.05, 0) is 41.6 Å². The molecule has 0 amide bonds. The Balaban J connectivity index is 1.80. The van der Waals surface area contributed by atoms with E-state index >= 15 is 0 Å². The summed E-state index contributed by atoms with van der Waals surface area (Å²) in [5.41, 5.74) is 1.58. The maximum Gasteiger partial charge on any atom is 0.143 e. The Kier molecular flexibility index (Phi) is 3.72. The largest absolute Gasteiger partial charge is 0.369 e. The summed E-state index contributed by atoms with van der Waals surface area (Å²) in [4.78, 5) is 8.07. The lowest BCUT2D eigenvalue weighted by Gasteiger charge is -2.06. The molecule has 1 aromatic heterocycles. The summed E-state index contributed by atoms with van der Waals surface area (Å²) < 4.78 is 0.922. The highest BCUT2D eigenvalue weighted by Gasteiger charge is 2.04. The van der Waals surface area contributed by atoms with Crippen molar-refractivity contribution < 1.29 is 0 Å². The van der Waals surface area contributed by atoms with Crippen LogP contribution in [0.2, 0.25) is 0 Å². The maximum atomic E-state index is 4.15. The Morgan fingerprint density at radius 2 is 2.40 bits per heavy atom. The summed E-state index contributed by atoms with van der Waals surface area (Å²) in [7, 11) is 0. The van der Waals surface area contributed by atoms with Crippen LogP contribution in [-0.2, 0) is 0 Å². The van der Waals surface area contributed by atoms with Crippen LogP contribution in [0.25, 0.3) is 0 Å². The van der Waals surface area contributed by atoms with Gasteiger partial charge in [-0.1, -0.05) is 11.6 Å². The number of anilines is 1. The fourth-order valence-corrected chi connectivity index (χ4v) is 2.11. The number of hydrogen-bond acceptors (Lipinski definition) is 3. The van der Waals surface area contributed by atoms with Gasteiger partial charge in [0, 0.05) is 12.7 Å². The minimum atomic E-state index is 0.878. The summed E-state index contributed by atoms with van der Waals surface area (Å²) in [6.45, 7) is 0.946. The summed E-state index contributed by atoms with van der Waals surface area (Å²) in [5.74, 6) is 0.878. The normalized spacial score (nSPS) is 15.1. The van der Waals surface area contributed by atoms with Crippen molar-refractivity contribution in [2.75, 3.05) is 11.9 Å². The molecule has 0 aliphatic heterocycles. The van der Waals surface area contributed by atoms with Crippen molar-refractivity contribution in [3.8, 4) is 0 Å². The van der Waals surface area contributed by atoms with Crippen LogP contribution < -0.4 is 5.32 Å². The summed E-state index contributed by atoms with van der Waals surface area (Å²) >= 11 is 3.41. The predicted octanol–water partition coefficient (Wildman–Crippen LogP) is 3.15. The van der Waals surface area contributed by atoms with Gasteiger partial charge in [0.1, 0.15) is 12.1 Å². The molecule has 1 N–H and O–H groups in total. The van der Waals surface area contributed by atoms with Crippen LogP contribution in [0.15, 0.2) is 28.6 Å². The van der Waals surface area contributed by atoms with Crippen LogP contribution >= 0.6 is 15.9 Å². The van der Waals surface area contributed by atoms with Gasteiger partial charge in [0.2, 0.25) is 0 Å². The van der Waals surface area contributed by atoms with E-state index in [4.69, 9.17) is 0 Å². The Morgan fingerprint density at radius 3 is 3.13 bits per heavy atom. The molecule has 1 aliphatic carbocycles. The van der Waals surface area contributed by atoms with Crippen molar-refractivity contribution in [1.82, 2.24) is 9.97 Å². The second-order valence-electron chi connectivity index (χ2n) is 3.65. The Hall–Kier alpha value is -0.900. The summed E-state index contributed by atoms with van der Waals surface area (Å²) in [6, 6.07) is 0. The molecule has 3 nitrogen and oxygen atoms in total. The first kappa shape index (κ1) is 10.6. The zero-order valence-electron chi connectivity index (χ0n) is 8.54. The lowest BCUT2D eigenvalue weighted by Crippen LogP contribution is -2.04. The van der Waals surface area contributed by atoms with Gasteiger partial charge in [-0.2, -0.15) is 0 Å². The molecule has 0 radical (unpaired) electrons. The van der Waals surface area contributed by atoms with E-state index in [0.717, 1.165) is 23.3 Å². The lowest BCUT2D eigenvalue weighted by atomic mass is 10.2. The van der Waals surface area contributed by atoms with Crippen molar-refractivity contribution >= 4 is 21.7 Å². The van der Waals surface area contributed by atoms with Gasteiger partial charge < -0.3 is 5.32 Å². The van der Waals surface area contributed by atoms with Gasteiger partial charge in [0.05, 0.1) is 4.47 Å². The summed E-state index contributed by atoms with van der Waals surface area (Å²) in [5, 5.41) is 3.30. The second-order valence-corrected chi connectivity index (χ2v) is 4.50. The smallest absolute Gasteiger partial charge is 0.143 e. The van der Waals surface area contributed by atoms with Crippen molar-refractivity contribution in [2.24, 2.45) is 0 Å². The molecular weight excluding hydrogens is 254 g/mol.